The topological polar surface area (TPSA) is 17.1 Å². The summed E-state index contributed by atoms with van der Waals surface area (Å²) in [5.74, 6) is -2.38. The van der Waals surface area contributed by atoms with Crippen LogP contribution in [0.2, 0.25) is 5.02 Å². The first kappa shape index (κ1) is 13.4. The van der Waals surface area contributed by atoms with Gasteiger partial charge < -0.3 is 0 Å². The zero-order valence-corrected chi connectivity index (χ0v) is 10.5. The lowest BCUT2D eigenvalue weighted by Gasteiger charge is -2.00. The van der Waals surface area contributed by atoms with Crippen molar-refractivity contribution in [2.45, 2.75) is 0 Å². The van der Waals surface area contributed by atoms with Crippen LogP contribution in [0.4, 0.5) is 8.78 Å². The summed E-state index contributed by atoms with van der Waals surface area (Å²) >= 11 is 5.35. The van der Waals surface area contributed by atoms with Gasteiger partial charge in [-0.05, 0) is 23.8 Å². The van der Waals surface area contributed by atoms with Gasteiger partial charge in [-0.25, -0.2) is 8.78 Å². The Morgan fingerprint density at radius 2 is 1.63 bits per heavy atom. The summed E-state index contributed by atoms with van der Waals surface area (Å²) in [5, 5.41) is -0.608. The number of benzene rings is 2. The van der Waals surface area contributed by atoms with Gasteiger partial charge in [-0.3, -0.25) is 4.79 Å². The van der Waals surface area contributed by atoms with E-state index in [0.29, 0.717) is 0 Å². The van der Waals surface area contributed by atoms with Crippen LogP contribution in [0.25, 0.3) is 6.08 Å². The molecule has 4 heteroatoms. The van der Waals surface area contributed by atoms with Crippen LogP contribution in [-0.2, 0) is 0 Å². The highest BCUT2D eigenvalue weighted by Crippen LogP contribution is 2.21. The van der Waals surface area contributed by atoms with Crippen LogP contribution in [-0.4, -0.2) is 5.78 Å². The molecule has 19 heavy (non-hydrogen) atoms. The Morgan fingerprint density at radius 1 is 1.05 bits per heavy atom. The largest absolute Gasteiger partial charge is 0.289 e. The van der Waals surface area contributed by atoms with Crippen molar-refractivity contribution in [1.82, 2.24) is 0 Å². The van der Waals surface area contributed by atoms with Crippen molar-refractivity contribution in [3.8, 4) is 0 Å². The van der Waals surface area contributed by atoms with Gasteiger partial charge in [0.25, 0.3) is 0 Å². The van der Waals surface area contributed by atoms with Crippen LogP contribution >= 0.6 is 11.6 Å². The molecule has 0 saturated heterocycles. The van der Waals surface area contributed by atoms with Crippen molar-refractivity contribution in [1.29, 1.82) is 0 Å². The maximum absolute atomic E-state index is 13.2. The molecule has 0 N–H and O–H groups in total. The molecule has 0 aromatic heterocycles. The van der Waals surface area contributed by atoms with E-state index in [2.05, 4.69) is 0 Å². The monoisotopic (exact) mass is 278 g/mol. The molecule has 0 unspecified atom stereocenters. The third-order valence-electron chi connectivity index (χ3n) is 2.50. The molecule has 0 heterocycles. The van der Waals surface area contributed by atoms with Crippen molar-refractivity contribution >= 4 is 23.5 Å². The predicted molar refractivity (Wildman–Crippen MR) is 71.2 cm³/mol. The number of carbonyl (C=O) groups excluding carboxylic acids is 1. The Morgan fingerprint density at radius 3 is 2.21 bits per heavy atom. The minimum atomic E-state index is -0.946. The quantitative estimate of drug-likeness (QED) is 0.458. The molecule has 0 aliphatic heterocycles. The Kier molecular flexibility index (Phi) is 4.07. The van der Waals surface area contributed by atoms with Crippen LogP contribution < -0.4 is 0 Å². The van der Waals surface area contributed by atoms with E-state index in [1.807, 2.05) is 30.3 Å². The SMILES string of the molecule is O=C(/C=C/c1ccccc1)c1cc(F)c(Cl)c(F)c1. The Bertz CT molecular complexity index is 613. The summed E-state index contributed by atoms with van der Waals surface area (Å²) in [6.45, 7) is 0. The zero-order chi connectivity index (χ0) is 13.8. The van der Waals surface area contributed by atoms with Crippen LogP contribution in [0.3, 0.4) is 0 Å². The van der Waals surface area contributed by atoms with Gasteiger partial charge in [0.05, 0.1) is 0 Å². The molecule has 0 saturated carbocycles. The summed E-state index contributed by atoms with van der Waals surface area (Å²) < 4.78 is 26.4. The smallest absolute Gasteiger partial charge is 0.186 e. The molecule has 2 aromatic rings. The predicted octanol–water partition coefficient (Wildman–Crippen LogP) is 4.51. The third kappa shape index (κ3) is 3.26. The number of ketones is 1. The normalized spacial score (nSPS) is 10.9. The average molecular weight is 279 g/mol. The maximum Gasteiger partial charge on any atom is 0.186 e. The van der Waals surface area contributed by atoms with Gasteiger partial charge in [0.2, 0.25) is 0 Å². The summed E-state index contributed by atoms with van der Waals surface area (Å²) in [6, 6.07) is 11.0. The molecule has 0 bridgehead atoms. The van der Waals surface area contributed by atoms with Crippen LogP contribution in [0.1, 0.15) is 15.9 Å². The number of allylic oxidation sites excluding steroid dienone is 1. The van der Waals surface area contributed by atoms with E-state index < -0.39 is 22.4 Å². The van der Waals surface area contributed by atoms with Crippen molar-refractivity contribution in [2.75, 3.05) is 0 Å². The lowest BCUT2D eigenvalue weighted by Crippen LogP contribution is -1.97. The number of halogens is 3. The van der Waals surface area contributed by atoms with E-state index in [1.54, 1.807) is 6.08 Å². The van der Waals surface area contributed by atoms with Gasteiger partial charge in [-0.1, -0.05) is 48.0 Å². The molecule has 0 amide bonds. The van der Waals surface area contributed by atoms with Crippen LogP contribution in [0.15, 0.2) is 48.5 Å². The highest BCUT2D eigenvalue weighted by Gasteiger charge is 2.11. The number of carbonyl (C=O) groups is 1. The minimum absolute atomic E-state index is 0.0772. The standard InChI is InChI=1S/C15H9ClF2O/c16-15-12(17)8-11(9-13(15)18)14(19)7-6-10-4-2-1-3-5-10/h1-9H/b7-6+. The first-order valence-corrected chi connectivity index (χ1v) is 5.88. The van der Waals surface area contributed by atoms with Gasteiger partial charge >= 0.3 is 0 Å². The van der Waals surface area contributed by atoms with E-state index in [0.717, 1.165) is 17.7 Å². The molecule has 0 spiro atoms. The fourth-order valence-corrected chi connectivity index (χ4v) is 1.64. The molecule has 2 rings (SSSR count). The van der Waals surface area contributed by atoms with Crippen molar-refractivity contribution < 1.29 is 13.6 Å². The van der Waals surface area contributed by atoms with E-state index in [9.17, 15) is 13.6 Å². The average Bonchev–Trinajstić information content (AvgIpc) is 2.42. The lowest BCUT2D eigenvalue weighted by molar-refractivity contribution is 0.104. The first-order chi connectivity index (χ1) is 9.08. The molecule has 0 atom stereocenters. The molecular formula is C15H9ClF2O. The number of hydrogen-bond acceptors (Lipinski definition) is 1. The van der Waals surface area contributed by atoms with Crippen LogP contribution in [0.5, 0.6) is 0 Å². The molecule has 0 aliphatic rings. The van der Waals surface area contributed by atoms with Gasteiger partial charge in [0.1, 0.15) is 16.7 Å². The van der Waals surface area contributed by atoms with Gasteiger partial charge in [0, 0.05) is 5.56 Å². The second-order valence-electron chi connectivity index (χ2n) is 3.86. The zero-order valence-electron chi connectivity index (χ0n) is 9.74. The first-order valence-electron chi connectivity index (χ1n) is 5.50. The van der Waals surface area contributed by atoms with Crippen molar-refractivity contribution in [3.63, 3.8) is 0 Å². The van der Waals surface area contributed by atoms with E-state index >= 15 is 0 Å². The third-order valence-corrected chi connectivity index (χ3v) is 2.86. The second kappa shape index (κ2) is 5.76. The summed E-state index contributed by atoms with van der Waals surface area (Å²) in [5.41, 5.74) is 0.748. The lowest BCUT2D eigenvalue weighted by atomic mass is 10.1. The molecule has 0 aliphatic carbocycles. The van der Waals surface area contributed by atoms with Crippen molar-refractivity contribution in [3.05, 3.63) is 76.3 Å². The Labute approximate surface area is 114 Å². The Balaban J connectivity index is 2.24. The Hall–Kier alpha value is -2.00. The number of rotatable bonds is 3. The maximum atomic E-state index is 13.2. The molecule has 0 fully saturated rings. The molecular weight excluding hydrogens is 270 g/mol. The molecule has 96 valence electrons. The second-order valence-corrected chi connectivity index (χ2v) is 4.24. The molecule has 0 radical (unpaired) electrons. The minimum Gasteiger partial charge on any atom is -0.289 e. The van der Waals surface area contributed by atoms with E-state index in [1.165, 1.54) is 6.08 Å². The number of hydrogen-bond donors (Lipinski definition) is 0. The van der Waals surface area contributed by atoms with Gasteiger partial charge in [-0.2, -0.15) is 0 Å². The van der Waals surface area contributed by atoms with Crippen molar-refractivity contribution in [2.24, 2.45) is 0 Å². The van der Waals surface area contributed by atoms with Gasteiger partial charge in [-0.15, -0.1) is 0 Å². The summed E-state index contributed by atoms with van der Waals surface area (Å²) in [7, 11) is 0. The van der Waals surface area contributed by atoms with E-state index in [-0.39, 0.29) is 5.56 Å². The summed E-state index contributed by atoms with van der Waals surface area (Å²) in [6.07, 6.45) is 2.84. The fraction of sp³-hybridized carbons (Fsp3) is 0. The highest BCUT2D eigenvalue weighted by molar-refractivity contribution is 6.31. The fourth-order valence-electron chi connectivity index (χ4n) is 1.53. The van der Waals surface area contributed by atoms with E-state index in [4.69, 9.17) is 11.6 Å². The summed E-state index contributed by atoms with van der Waals surface area (Å²) in [4.78, 5) is 11.8. The van der Waals surface area contributed by atoms with Gasteiger partial charge in [0.15, 0.2) is 5.78 Å². The molecule has 1 nitrogen and oxygen atoms in total. The highest BCUT2D eigenvalue weighted by atomic mass is 35.5. The van der Waals surface area contributed by atoms with Crippen LogP contribution in [0, 0.1) is 11.6 Å². The molecule has 2 aromatic carbocycles.